The van der Waals surface area contributed by atoms with Crippen molar-refractivity contribution in [3.8, 4) is 0 Å². The zero-order chi connectivity index (χ0) is 27.1. The van der Waals surface area contributed by atoms with E-state index in [0.29, 0.717) is 5.92 Å². The van der Waals surface area contributed by atoms with Crippen molar-refractivity contribution in [1.29, 1.82) is 0 Å². The summed E-state index contributed by atoms with van der Waals surface area (Å²) in [5, 5.41) is 16.8. The third kappa shape index (κ3) is 6.90. The Kier molecular flexibility index (Phi) is 8.99. The molecule has 1 unspecified atom stereocenters. The molecular formula is C29H31ClN4O4. The SMILES string of the molecule is C1=CN=C1.Nc1ccc2c(c1)C(CCN1CC=C(c3c[nH]c4cc(Cl)ccc34)CC1)CC2.O=C(O)C(=O)O. The molecule has 0 spiro atoms. The Hall–Kier alpha value is -3.88. The molecule has 5 N–H and O–H groups in total. The molecular weight excluding hydrogens is 504 g/mol. The number of aromatic amines is 1. The van der Waals surface area contributed by atoms with Gasteiger partial charge in [0, 0.05) is 58.9 Å². The molecule has 3 heterocycles. The van der Waals surface area contributed by atoms with Crippen molar-refractivity contribution in [2.75, 3.05) is 25.4 Å². The summed E-state index contributed by atoms with van der Waals surface area (Å²) >= 11 is 6.11. The highest BCUT2D eigenvalue weighted by molar-refractivity contribution is 6.31. The average Bonchev–Trinajstić information content (AvgIpc) is 3.45. The Balaban J connectivity index is 0.000000285. The third-order valence-corrected chi connectivity index (χ3v) is 7.21. The van der Waals surface area contributed by atoms with Gasteiger partial charge in [-0.05, 0) is 85.2 Å². The van der Waals surface area contributed by atoms with Crippen molar-refractivity contribution in [3.05, 3.63) is 82.7 Å². The predicted molar refractivity (Wildman–Crippen MR) is 152 cm³/mol. The smallest absolute Gasteiger partial charge is 0.414 e. The second-order valence-electron chi connectivity index (χ2n) is 9.40. The Morgan fingerprint density at radius 3 is 2.50 bits per heavy atom. The third-order valence-electron chi connectivity index (χ3n) is 6.98. The van der Waals surface area contributed by atoms with Crippen LogP contribution in [0.5, 0.6) is 0 Å². The van der Waals surface area contributed by atoms with Gasteiger partial charge in [-0.2, -0.15) is 0 Å². The van der Waals surface area contributed by atoms with Crippen molar-refractivity contribution >= 4 is 51.9 Å². The van der Waals surface area contributed by atoms with E-state index in [1.807, 2.05) is 24.3 Å². The number of fused-ring (bicyclic) bond motifs is 2. The molecule has 198 valence electrons. The Morgan fingerprint density at radius 1 is 1.13 bits per heavy atom. The minimum Gasteiger partial charge on any atom is -0.473 e. The van der Waals surface area contributed by atoms with Crippen LogP contribution in [0.1, 0.15) is 41.9 Å². The number of benzene rings is 2. The number of nitrogens with zero attached hydrogens (tertiary/aromatic N) is 2. The molecule has 2 aromatic carbocycles. The van der Waals surface area contributed by atoms with Gasteiger partial charge in [0.25, 0.3) is 0 Å². The lowest BCUT2D eigenvalue weighted by atomic mass is 9.95. The lowest BCUT2D eigenvalue weighted by Gasteiger charge is -2.27. The number of aryl methyl sites for hydroxylation is 1. The number of hydrogen-bond donors (Lipinski definition) is 4. The molecule has 1 aromatic heterocycles. The number of rotatable bonds is 4. The van der Waals surface area contributed by atoms with Crippen LogP contribution in [0.25, 0.3) is 16.5 Å². The molecule has 38 heavy (non-hydrogen) atoms. The van der Waals surface area contributed by atoms with E-state index in [2.05, 4.69) is 45.3 Å². The summed E-state index contributed by atoms with van der Waals surface area (Å²) in [4.78, 5) is 27.8. The maximum absolute atomic E-state index is 9.10. The van der Waals surface area contributed by atoms with Gasteiger partial charge in [0.15, 0.2) is 0 Å². The number of carboxylic acid groups (broad SMARTS) is 2. The standard InChI is InChI=1S/C24H26ClN3.C3H3N.C2H2O4/c25-19-4-6-21-23(15-27-24(21)13-19)18-8-11-28(12-9-18)10-7-17-2-1-16-3-5-20(26)14-22(16)17;1-2-4-3-1;3-1(4)2(5)6/h3-6,8,13-15,17,27H,1-2,7,9-12,26H2;1-3H;(H,3,4)(H,5,6). The number of aliphatic carboxylic acids is 2. The Morgan fingerprint density at radius 2 is 1.87 bits per heavy atom. The number of anilines is 1. The van der Waals surface area contributed by atoms with Crippen LogP contribution in [0.2, 0.25) is 5.02 Å². The molecule has 9 heteroatoms. The molecule has 6 rings (SSSR count). The number of aliphatic imine (C=N–C) groups is 1. The molecule has 1 aliphatic carbocycles. The molecule has 3 aliphatic rings. The van der Waals surface area contributed by atoms with Crippen LogP contribution >= 0.6 is 11.6 Å². The number of nitrogens with one attached hydrogen (secondary N) is 1. The van der Waals surface area contributed by atoms with Gasteiger partial charge < -0.3 is 20.9 Å². The van der Waals surface area contributed by atoms with Gasteiger partial charge in [0.05, 0.1) is 0 Å². The van der Waals surface area contributed by atoms with Crippen LogP contribution in [-0.4, -0.2) is 57.9 Å². The van der Waals surface area contributed by atoms with Crippen LogP contribution in [0.15, 0.2) is 65.9 Å². The number of carboxylic acids is 2. The molecule has 0 saturated carbocycles. The van der Waals surface area contributed by atoms with Crippen LogP contribution < -0.4 is 5.73 Å². The number of nitrogen functional groups attached to an aromatic ring is 1. The van der Waals surface area contributed by atoms with Gasteiger partial charge in [-0.3, -0.25) is 9.89 Å². The summed E-state index contributed by atoms with van der Waals surface area (Å²) in [5.41, 5.74) is 13.8. The second-order valence-corrected chi connectivity index (χ2v) is 9.84. The van der Waals surface area contributed by atoms with E-state index in [0.717, 1.165) is 42.3 Å². The van der Waals surface area contributed by atoms with Gasteiger partial charge in [-0.1, -0.05) is 29.8 Å². The summed E-state index contributed by atoms with van der Waals surface area (Å²) in [6.45, 7) is 3.32. The second kappa shape index (κ2) is 12.6. The maximum Gasteiger partial charge on any atom is 0.414 e. The molecule has 0 radical (unpaired) electrons. The monoisotopic (exact) mass is 534 g/mol. The summed E-state index contributed by atoms with van der Waals surface area (Å²) in [6, 6.07) is 12.6. The first-order chi connectivity index (χ1) is 18.3. The summed E-state index contributed by atoms with van der Waals surface area (Å²) in [6.07, 6.45) is 14.7. The zero-order valence-corrected chi connectivity index (χ0v) is 21.7. The normalized spacial score (nSPS) is 17.4. The van der Waals surface area contributed by atoms with Crippen molar-refractivity contribution in [3.63, 3.8) is 0 Å². The number of allylic oxidation sites excluding steroid dienone is 1. The summed E-state index contributed by atoms with van der Waals surface area (Å²) in [5.74, 6) is -2.98. The number of carbonyl (C=O) groups is 2. The van der Waals surface area contributed by atoms with Crippen molar-refractivity contribution in [2.24, 2.45) is 4.99 Å². The molecule has 8 nitrogen and oxygen atoms in total. The Bertz CT molecular complexity index is 1380. The van der Waals surface area contributed by atoms with E-state index >= 15 is 0 Å². The zero-order valence-electron chi connectivity index (χ0n) is 20.9. The van der Waals surface area contributed by atoms with Crippen LogP contribution in [0, 0.1) is 0 Å². The van der Waals surface area contributed by atoms with E-state index in [1.54, 1.807) is 12.4 Å². The van der Waals surface area contributed by atoms with Crippen LogP contribution in [0.3, 0.4) is 0 Å². The van der Waals surface area contributed by atoms with Crippen molar-refractivity contribution in [2.45, 2.75) is 31.6 Å². The molecule has 3 aromatic rings. The van der Waals surface area contributed by atoms with Gasteiger partial charge in [-0.15, -0.1) is 0 Å². The highest BCUT2D eigenvalue weighted by atomic mass is 35.5. The molecule has 2 aliphatic heterocycles. The lowest BCUT2D eigenvalue weighted by molar-refractivity contribution is -0.159. The Labute approximate surface area is 226 Å². The van der Waals surface area contributed by atoms with Crippen LogP contribution in [-0.2, 0) is 16.0 Å². The van der Waals surface area contributed by atoms with Crippen molar-refractivity contribution < 1.29 is 19.8 Å². The minimum atomic E-state index is -1.82. The van der Waals surface area contributed by atoms with E-state index < -0.39 is 11.9 Å². The average molecular weight is 535 g/mol. The van der Waals surface area contributed by atoms with E-state index in [9.17, 15) is 0 Å². The van der Waals surface area contributed by atoms with Gasteiger partial charge >= 0.3 is 11.9 Å². The van der Waals surface area contributed by atoms with Crippen molar-refractivity contribution in [1.82, 2.24) is 9.88 Å². The van der Waals surface area contributed by atoms with E-state index in [4.69, 9.17) is 37.1 Å². The first-order valence-electron chi connectivity index (χ1n) is 12.5. The van der Waals surface area contributed by atoms with Gasteiger partial charge in [-0.25, -0.2) is 9.59 Å². The predicted octanol–water partition coefficient (Wildman–Crippen LogP) is 5.35. The van der Waals surface area contributed by atoms with E-state index in [-0.39, 0.29) is 0 Å². The quantitative estimate of drug-likeness (QED) is 0.263. The van der Waals surface area contributed by atoms with E-state index in [1.165, 1.54) is 46.9 Å². The van der Waals surface area contributed by atoms with Crippen LogP contribution in [0.4, 0.5) is 5.69 Å². The summed E-state index contributed by atoms with van der Waals surface area (Å²) in [7, 11) is 0. The molecule has 1 atom stereocenters. The topological polar surface area (TPSA) is 132 Å². The molecule has 0 bridgehead atoms. The fourth-order valence-corrected chi connectivity index (χ4v) is 5.13. The summed E-state index contributed by atoms with van der Waals surface area (Å²) < 4.78 is 0. The fraction of sp³-hybridized carbons (Fsp3) is 0.276. The number of H-pyrrole nitrogens is 1. The fourth-order valence-electron chi connectivity index (χ4n) is 4.95. The van der Waals surface area contributed by atoms with Gasteiger partial charge in [0.2, 0.25) is 0 Å². The number of halogens is 1. The number of aromatic nitrogens is 1. The first-order valence-corrected chi connectivity index (χ1v) is 12.9. The highest BCUT2D eigenvalue weighted by Crippen LogP contribution is 2.37. The minimum absolute atomic E-state index is 0.669. The first kappa shape index (κ1) is 27.2. The number of hydrogen-bond acceptors (Lipinski definition) is 5. The van der Waals surface area contributed by atoms with Gasteiger partial charge in [0.1, 0.15) is 0 Å². The maximum atomic E-state index is 9.10. The molecule has 0 saturated heterocycles. The molecule has 0 amide bonds. The highest BCUT2D eigenvalue weighted by Gasteiger charge is 2.24. The number of nitrogens with two attached hydrogens (primary N) is 1. The molecule has 0 fully saturated rings. The largest absolute Gasteiger partial charge is 0.473 e. The lowest BCUT2D eigenvalue weighted by Crippen LogP contribution is -2.30.